The molecule has 25 heavy (non-hydrogen) atoms. The van der Waals surface area contributed by atoms with E-state index in [4.69, 9.17) is 4.99 Å². The Morgan fingerprint density at radius 2 is 1.68 bits per heavy atom. The van der Waals surface area contributed by atoms with Gasteiger partial charge >= 0.3 is 0 Å². The van der Waals surface area contributed by atoms with Crippen LogP contribution in [0, 0.1) is 28.6 Å². The molecular weight excluding hydrogens is 306 g/mol. The van der Waals surface area contributed by atoms with Crippen molar-refractivity contribution in [2.24, 2.45) is 33.6 Å². The summed E-state index contributed by atoms with van der Waals surface area (Å²) in [7, 11) is 0. The molecule has 4 saturated carbocycles. The number of allylic oxidation sites excluding steroid dienone is 1. The van der Waals surface area contributed by atoms with Gasteiger partial charge in [0, 0.05) is 11.1 Å². The normalized spacial score (nSPS) is 52.2. The van der Waals surface area contributed by atoms with Gasteiger partial charge in [-0.15, -0.1) is 0 Å². The number of aliphatic hydroxyl groups excluding tert-OH is 1. The van der Waals surface area contributed by atoms with Gasteiger partial charge in [0.15, 0.2) is 0 Å². The number of hydrogen-bond acceptors (Lipinski definition) is 2. The second-order valence-corrected chi connectivity index (χ2v) is 10.7. The zero-order chi connectivity index (χ0) is 17.4. The fourth-order valence-electron chi connectivity index (χ4n) is 7.23. The SMILES string of the molecule is CC1(N=C2CC[C@H]3[C@@H]4CC=C5C[C@@H](O)CC[C@]5(C)[C@H]4CC[C@]23C)CC1. The predicted octanol–water partition coefficient (Wildman–Crippen LogP) is 5.30. The summed E-state index contributed by atoms with van der Waals surface area (Å²) in [4.78, 5) is 5.29. The van der Waals surface area contributed by atoms with Crippen LogP contribution in [0.3, 0.4) is 0 Å². The number of aliphatic imine (C=N–C) groups is 1. The Kier molecular flexibility index (Phi) is 3.45. The highest BCUT2D eigenvalue weighted by atomic mass is 16.3. The Hall–Kier alpha value is -0.630. The molecule has 4 fully saturated rings. The number of hydrogen-bond donors (Lipinski definition) is 1. The lowest BCUT2D eigenvalue weighted by Crippen LogP contribution is -2.50. The molecule has 0 aromatic heterocycles. The third kappa shape index (κ3) is 2.35. The zero-order valence-corrected chi connectivity index (χ0v) is 16.4. The minimum absolute atomic E-state index is 0.0887. The van der Waals surface area contributed by atoms with Crippen molar-refractivity contribution in [1.82, 2.24) is 0 Å². The third-order valence-corrected chi connectivity index (χ3v) is 9.20. The average Bonchev–Trinajstić information content (AvgIpc) is 3.21. The molecule has 138 valence electrons. The van der Waals surface area contributed by atoms with Gasteiger partial charge in [-0.05, 0) is 94.3 Å². The van der Waals surface area contributed by atoms with E-state index in [9.17, 15) is 5.11 Å². The second kappa shape index (κ2) is 5.21. The van der Waals surface area contributed by atoms with Crippen molar-refractivity contribution in [2.45, 2.75) is 96.6 Å². The second-order valence-electron chi connectivity index (χ2n) is 10.7. The molecule has 0 amide bonds. The molecule has 6 atom stereocenters. The van der Waals surface area contributed by atoms with E-state index in [0.29, 0.717) is 16.4 Å². The van der Waals surface area contributed by atoms with Crippen molar-refractivity contribution in [3.8, 4) is 0 Å². The van der Waals surface area contributed by atoms with Gasteiger partial charge in [0.05, 0.1) is 11.6 Å². The van der Waals surface area contributed by atoms with Gasteiger partial charge in [-0.25, -0.2) is 0 Å². The smallest absolute Gasteiger partial charge is 0.0581 e. The molecule has 0 unspecified atom stereocenters. The summed E-state index contributed by atoms with van der Waals surface area (Å²) in [5.41, 5.74) is 4.22. The van der Waals surface area contributed by atoms with Crippen molar-refractivity contribution in [3.05, 3.63) is 11.6 Å². The van der Waals surface area contributed by atoms with Crippen LogP contribution in [-0.4, -0.2) is 22.5 Å². The van der Waals surface area contributed by atoms with E-state index in [1.54, 1.807) is 11.3 Å². The first-order valence-electron chi connectivity index (χ1n) is 10.8. The monoisotopic (exact) mass is 341 g/mol. The number of fused-ring (bicyclic) bond motifs is 5. The summed E-state index contributed by atoms with van der Waals surface area (Å²) in [5.74, 6) is 2.53. The Bertz CT molecular complexity index is 644. The van der Waals surface area contributed by atoms with Gasteiger partial charge in [-0.2, -0.15) is 0 Å². The highest BCUT2D eigenvalue weighted by molar-refractivity contribution is 5.93. The molecule has 5 aliphatic rings. The lowest BCUT2D eigenvalue weighted by molar-refractivity contribution is -0.0209. The summed E-state index contributed by atoms with van der Waals surface area (Å²) < 4.78 is 0. The van der Waals surface area contributed by atoms with Crippen LogP contribution in [0.5, 0.6) is 0 Å². The fraction of sp³-hybridized carbons (Fsp3) is 0.870. The highest BCUT2D eigenvalue weighted by Crippen LogP contribution is 2.64. The van der Waals surface area contributed by atoms with Crippen LogP contribution in [0.1, 0.15) is 85.0 Å². The molecule has 0 aromatic carbocycles. The number of rotatable bonds is 1. The van der Waals surface area contributed by atoms with E-state index in [-0.39, 0.29) is 6.10 Å². The minimum atomic E-state index is -0.0887. The molecule has 0 saturated heterocycles. The Labute approximate surface area is 153 Å². The Morgan fingerprint density at radius 3 is 2.44 bits per heavy atom. The van der Waals surface area contributed by atoms with Crippen LogP contribution in [0.4, 0.5) is 0 Å². The zero-order valence-electron chi connectivity index (χ0n) is 16.4. The molecular formula is C23H35NO. The number of aliphatic hydroxyl groups is 1. The first-order valence-corrected chi connectivity index (χ1v) is 10.8. The van der Waals surface area contributed by atoms with Gasteiger partial charge in [0.25, 0.3) is 0 Å². The van der Waals surface area contributed by atoms with Crippen molar-refractivity contribution in [2.75, 3.05) is 0 Å². The summed E-state index contributed by atoms with van der Waals surface area (Å²) in [6, 6.07) is 0. The van der Waals surface area contributed by atoms with Crippen LogP contribution >= 0.6 is 0 Å². The molecule has 0 aliphatic heterocycles. The molecule has 2 nitrogen and oxygen atoms in total. The van der Waals surface area contributed by atoms with E-state index in [2.05, 4.69) is 26.8 Å². The van der Waals surface area contributed by atoms with Crippen LogP contribution in [0.2, 0.25) is 0 Å². The molecule has 0 aromatic rings. The molecule has 0 heterocycles. The van der Waals surface area contributed by atoms with Crippen LogP contribution in [0.15, 0.2) is 16.6 Å². The van der Waals surface area contributed by atoms with E-state index in [1.165, 1.54) is 51.4 Å². The standard InChI is InChI=1S/C23H35NO/c1-21(12-13-21)24-20-7-6-18-17-5-4-15-14-16(25)8-10-22(15,2)19(17)9-11-23(18,20)3/h4,16-19,25H,5-14H2,1-3H3/t16-,17-,18-,19-,22-,23-/m0/s1. The van der Waals surface area contributed by atoms with E-state index in [1.807, 2.05) is 0 Å². The molecule has 5 rings (SSSR count). The Morgan fingerprint density at radius 1 is 0.960 bits per heavy atom. The van der Waals surface area contributed by atoms with Gasteiger partial charge in [0.1, 0.15) is 0 Å². The lowest BCUT2D eigenvalue weighted by Gasteiger charge is -2.57. The van der Waals surface area contributed by atoms with Gasteiger partial charge < -0.3 is 5.11 Å². The van der Waals surface area contributed by atoms with E-state index in [0.717, 1.165) is 30.6 Å². The van der Waals surface area contributed by atoms with Gasteiger partial charge in [-0.3, -0.25) is 4.99 Å². The highest BCUT2D eigenvalue weighted by Gasteiger charge is 2.58. The largest absolute Gasteiger partial charge is 0.393 e. The molecule has 5 aliphatic carbocycles. The van der Waals surface area contributed by atoms with Crippen molar-refractivity contribution >= 4 is 5.71 Å². The quantitative estimate of drug-likeness (QED) is 0.645. The molecule has 1 N–H and O–H groups in total. The minimum Gasteiger partial charge on any atom is -0.393 e. The summed E-state index contributed by atoms with van der Waals surface area (Å²) in [5, 5.41) is 10.1. The maximum Gasteiger partial charge on any atom is 0.0581 e. The van der Waals surface area contributed by atoms with Crippen molar-refractivity contribution < 1.29 is 5.11 Å². The Balaban J connectivity index is 1.46. The van der Waals surface area contributed by atoms with Gasteiger partial charge in [-0.1, -0.05) is 25.5 Å². The molecule has 0 spiro atoms. The average molecular weight is 342 g/mol. The maximum atomic E-state index is 10.1. The van der Waals surface area contributed by atoms with Crippen molar-refractivity contribution in [3.63, 3.8) is 0 Å². The van der Waals surface area contributed by atoms with E-state index < -0.39 is 0 Å². The van der Waals surface area contributed by atoms with Crippen LogP contribution < -0.4 is 0 Å². The summed E-state index contributed by atoms with van der Waals surface area (Å²) in [6.45, 7) is 7.43. The van der Waals surface area contributed by atoms with Crippen molar-refractivity contribution in [1.29, 1.82) is 0 Å². The fourth-order valence-corrected chi connectivity index (χ4v) is 7.23. The van der Waals surface area contributed by atoms with Gasteiger partial charge in [0.2, 0.25) is 0 Å². The first kappa shape index (κ1) is 16.5. The first-order chi connectivity index (χ1) is 11.8. The summed E-state index contributed by atoms with van der Waals surface area (Å²) in [6.07, 6.45) is 14.8. The maximum absolute atomic E-state index is 10.1. The van der Waals surface area contributed by atoms with E-state index >= 15 is 0 Å². The number of nitrogens with zero attached hydrogens (tertiary/aromatic N) is 1. The predicted molar refractivity (Wildman–Crippen MR) is 103 cm³/mol. The summed E-state index contributed by atoms with van der Waals surface area (Å²) >= 11 is 0. The van der Waals surface area contributed by atoms with Crippen LogP contribution in [-0.2, 0) is 0 Å². The molecule has 0 radical (unpaired) electrons. The lowest BCUT2D eigenvalue weighted by atomic mass is 9.48. The van der Waals surface area contributed by atoms with Crippen LogP contribution in [0.25, 0.3) is 0 Å². The molecule has 2 heteroatoms. The molecule has 0 bridgehead atoms. The topological polar surface area (TPSA) is 32.6 Å². The third-order valence-electron chi connectivity index (χ3n) is 9.20.